The van der Waals surface area contributed by atoms with Gasteiger partial charge >= 0.3 is 0 Å². The number of nitrogens with zero attached hydrogens (tertiary/aromatic N) is 1. The molecule has 0 aromatic heterocycles. The van der Waals surface area contributed by atoms with Crippen molar-refractivity contribution in [1.82, 2.24) is 4.90 Å². The van der Waals surface area contributed by atoms with Crippen LogP contribution in [0.5, 0.6) is 0 Å². The molecule has 1 fully saturated rings. The monoisotopic (exact) mass is 214 g/mol. The Morgan fingerprint density at radius 3 is 2.27 bits per heavy atom. The molecule has 90 valence electrons. The molecule has 3 nitrogen and oxygen atoms in total. The Balaban J connectivity index is 2.47. The Morgan fingerprint density at radius 2 is 1.80 bits per heavy atom. The molecule has 15 heavy (non-hydrogen) atoms. The molecular weight excluding hydrogens is 188 g/mol. The van der Waals surface area contributed by atoms with Crippen molar-refractivity contribution >= 4 is 0 Å². The molecular formula is C12H26N2O. The van der Waals surface area contributed by atoms with Crippen molar-refractivity contribution in [2.75, 3.05) is 19.7 Å². The van der Waals surface area contributed by atoms with Gasteiger partial charge in [0.2, 0.25) is 0 Å². The van der Waals surface area contributed by atoms with Gasteiger partial charge in [-0.1, -0.05) is 26.2 Å². The quantitative estimate of drug-likeness (QED) is 0.726. The van der Waals surface area contributed by atoms with Crippen LogP contribution in [0.25, 0.3) is 0 Å². The highest BCUT2D eigenvalue weighted by molar-refractivity contribution is 4.82. The van der Waals surface area contributed by atoms with Gasteiger partial charge in [0.15, 0.2) is 0 Å². The molecule has 0 aromatic carbocycles. The van der Waals surface area contributed by atoms with Gasteiger partial charge in [0.05, 0.1) is 6.61 Å². The van der Waals surface area contributed by atoms with Crippen LogP contribution in [-0.2, 0) is 0 Å². The maximum atomic E-state index is 9.45. The van der Waals surface area contributed by atoms with Gasteiger partial charge in [0.1, 0.15) is 0 Å². The van der Waals surface area contributed by atoms with Gasteiger partial charge in [-0.05, 0) is 32.4 Å². The van der Waals surface area contributed by atoms with E-state index in [4.69, 9.17) is 5.73 Å². The summed E-state index contributed by atoms with van der Waals surface area (Å²) in [6, 6.07) is 0.321. The van der Waals surface area contributed by atoms with E-state index in [1.54, 1.807) is 0 Å². The lowest BCUT2D eigenvalue weighted by Gasteiger charge is -2.33. The van der Waals surface area contributed by atoms with Crippen LogP contribution in [0.3, 0.4) is 0 Å². The van der Waals surface area contributed by atoms with Gasteiger partial charge in [-0.2, -0.15) is 0 Å². The summed E-state index contributed by atoms with van der Waals surface area (Å²) in [6.45, 7) is 4.59. The first-order chi connectivity index (χ1) is 7.29. The number of likely N-dealkylation sites (tertiary alicyclic amines) is 1. The zero-order valence-corrected chi connectivity index (χ0v) is 9.99. The fourth-order valence-electron chi connectivity index (χ4n) is 2.47. The smallest absolute Gasteiger partial charge is 0.0601 e. The van der Waals surface area contributed by atoms with Crippen molar-refractivity contribution in [3.63, 3.8) is 0 Å². The van der Waals surface area contributed by atoms with E-state index >= 15 is 0 Å². The van der Waals surface area contributed by atoms with E-state index in [0.717, 1.165) is 25.9 Å². The largest absolute Gasteiger partial charge is 0.395 e. The summed E-state index contributed by atoms with van der Waals surface area (Å²) >= 11 is 0. The van der Waals surface area contributed by atoms with E-state index in [9.17, 15) is 5.11 Å². The summed E-state index contributed by atoms with van der Waals surface area (Å²) in [5.74, 6) is 0. The van der Waals surface area contributed by atoms with Crippen molar-refractivity contribution in [2.45, 2.75) is 57.5 Å². The van der Waals surface area contributed by atoms with Crippen LogP contribution in [0.15, 0.2) is 0 Å². The first-order valence-corrected chi connectivity index (χ1v) is 6.40. The van der Waals surface area contributed by atoms with Crippen LogP contribution in [0.4, 0.5) is 0 Å². The van der Waals surface area contributed by atoms with Gasteiger partial charge in [0, 0.05) is 12.1 Å². The average molecular weight is 214 g/mol. The van der Waals surface area contributed by atoms with E-state index < -0.39 is 0 Å². The lowest BCUT2D eigenvalue weighted by Crippen LogP contribution is -2.50. The summed E-state index contributed by atoms with van der Waals surface area (Å²) in [4.78, 5) is 2.40. The minimum absolute atomic E-state index is 0.137. The van der Waals surface area contributed by atoms with Crippen molar-refractivity contribution in [3.05, 3.63) is 0 Å². The second-order valence-corrected chi connectivity index (χ2v) is 4.65. The Bertz CT molecular complexity index is 156. The standard InChI is InChI=1S/C12H26N2O/c1-2-7-11(13)12(10-15)14-8-5-3-4-6-9-14/h11-12,15H,2-10,13H2,1H3. The van der Waals surface area contributed by atoms with Crippen LogP contribution in [0, 0.1) is 0 Å². The van der Waals surface area contributed by atoms with Crippen LogP contribution >= 0.6 is 0 Å². The molecule has 0 aliphatic carbocycles. The molecule has 0 saturated carbocycles. The molecule has 0 radical (unpaired) electrons. The zero-order chi connectivity index (χ0) is 11.1. The van der Waals surface area contributed by atoms with E-state index in [2.05, 4.69) is 11.8 Å². The van der Waals surface area contributed by atoms with E-state index in [-0.39, 0.29) is 18.7 Å². The molecule has 0 aromatic rings. The number of hydrogen-bond acceptors (Lipinski definition) is 3. The van der Waals surface area contributed by atoms with Gasteiger partial charge in [-0.25, -0.2) is 0 Å². The third-order valence-corrected chi connectivity index (χ3v) is 3.41. The van der Waals surface area contributed by atoms with Crippen molar-refractivity contribution in [1.29, 1.82) is 0 Å². The summed E-state index contributed by atoms with van der Waals surface area (Å²) in [7, 11) is 0. The molecule has 0 bridgehead atoms. The van der Waals surface area contributed by atoms with Gasteiger partial charge in [-0.3, -0.25) is 4.90 Å². The fraction of sp³-hybridized carbons (Fsp3) is 1.00. The second-order valence-electron chi connectivity index (χ2n) is 4.65. The molecule has 1 aliphatic rings. The maximum Gasteiger partial charge on any atom is 0.0601 e. The number of nitrogens with two attached hydrogens (primary N) is 1. The first-order valence-electron chi connectivity index (χ1n) is 6.40. The fourth-order valence-corrected chi connectivity index (χ4v) is 2.47. The number of rotatable bonds is 5. The summed E-state index contributed by atoms with van der Waals surface area (Å²) in [6.07, 6.45) is 7.30. The predicted molar refractivity (Wildman–Crippen MR) is 63.8 cm³/mol. The maximum absolute atomic E-state index is 9.45. The summed E-state index contributed by atoms with van der Waals surface area (Å²) < 4.78 is 0. The van der Waals surface area contributed by atoms with Crippen molar-refractivity contribution in [2.24, 2.45) is 5.73 Å². The first kappa shape index (κ1) is 12.9. The Labute approximate surface area is 93.6 Å². The van der Waals surface area contributed by atoms with Crippen molar-refractivity contribution < 1.29 is 5.11 Å². The molecule has 1 aliphatic heterocycles. The highest BCUT2D eigenvalue weighted by Gasteiger charge is 2.24. The number of aliphatic hydroxyl groups is 1. The average Bonchev–Trinajstić information content (AvgIpc) is 2.48. The highest BCUT2D eigenvalue weighted by atomic mass is 16.3. The lowest BCUT2D eigenvalue weighted by atomic mass is 10.0. The van der Waals surface area contributed by atoms with Gasteiger partial charge in [-0.15, -0.1) is 0 Å². The molecule has 1 heterocycles. The molecule has 0 amide bonds. The van der Waals surface area contributed by atoms with Crippen molar-refractivity contribution in [3.8, 4) is 0 Å². The second kappa shape index (κ2) is 7.20. The minimum atomic E-state index is 0.137. The van der Waals surface area contributed by atoms with Gasteiger partial charge in [0.25, 0.3) is 0 Å². The predicted octanol–water partition coefficient (Wildman–Crippen LogP) is 1.35. The van der Waals surface area contributed by atoms with Gasteiger partial charge < -0.3 is 10.8 Å². The molecule has 2 unspecified atom stereocenters. The Kier molecular flexibility index (Phi) is 6.22. The molecule has 0 spiro atoms. The Morgan fingerprint density at radius 1 is 1.20 bits per heavy atom. The van der Waals surface area contributed by atoms with E-state index in [0.29, 0.717) is 0 Å². The highest BCUT2D eigenvalue weighted by Crippen LogP contribution is 2.15. The SMILES string of the molecule is CCCC(N)C(CO)N1CCCCCC1. The molecule has 1 saturated heterocycles. The third kappa shape index (κ3) is 4.09. The summed E-state index contributed by atoms with van der Waals surface area (Å²) in [5.41, 5.74) is 6.12. The third-order valence-electron chi connectivity index (χ3n) is 3.41. The lowest BCUT2D eigenvalue weighted by molar-refractivity contribution is 0.104. The number of aliphatic hydroxyl groups excluding tert-OH is 1. The van der Waals surface area contributed by atoms with E-state index in [1.165, 1.54) is 25.7 Å². The van der Waals surface area contributed by atoms with Crippen LogP contribution < -0.4 is 5.73 Å². The number of hydrogen-bond donors (Lipinski definition) is 2. The molecule has 3 heteroatoms. The Hall–Kier alpha value is -0.120. The topological polar surface area (TPSA) is 49.5 Å². The van der Waals surface area contributed by atoms with E-state index in [1.807, 2.05) is 0 Å². The molecule has 2 atom stereocenters. The molecule has 1 rings (SSSR count). The molecule has 3 N–H and O–H groups in total. The zero-order valence-electron chi connectivity index (χ0n) is 9.99. The minimum Gasteiger partial charge on any atom is -0.395 e. The van der Waals surface area contributed by atoms with Crippen LogP contribution in [0.1, 0.15) is 45.4 Å². The van der Waals surface area contributed by atoms with Crippen LogP contribution in [0.2, 0.25) is 0 Å². The normalized spacial score (nSPS) is 23.4. The summed E-state index contributed by atoms with van der Waals surface area (Å²) in [5, 5.41) is 9.45. The van der Waals surface area contributed by atoms with Crippen LogP contribution in [-0.4, -0.2) is 41.8 Å².